The highest BCUT2D eigenvalue weighted by molar-refractivity contribution is 5.90. The van der Waals surface area contributed by atoms with Gasteiger partial charge in [-0.25, -0.2) is 0 Å². The number of ether oxygens (including phenoxy) is 1. The zero-order chi connectivity index (χ0) is 14.1. The maximum Gasteiger partial charge on any atom is 0.227 e. The van der Waals surface area contributed by atoms with Crippen LogP contribution in [-0.2, 0) is 16.0 Å². The highest BCUT2D eigenvalue weighted by Gasteiger charge is 2.19. The lowest BCUT2D eigenvalue weighted by atomic mass is 10.1. The average molecular weight is 272 g/mol. The molecule has 1 fully saturated rings. The second-order valence-electron chi connectivity index (χ2n) is 5.45. The molecule has 4 heteroatoms. The molecule has 1 amide bonds. The minimum Gasteiger partial charge on any atom is -0.378 e. The van der Waals surface area contributed by atoms with Crippen LogP contribution in [0.25, 0.3) is 10.9 Å². The van der Waals surface area contributed by atoms with Gasteiger partial charge in [-0.3, -0.25) is 4.79 Å². The van der Waals surface area contributed by atoms with Crippen molar-refractivity contribution in [2.75, 3.05) is 26.3 Å². The number of fused-ring (bicyclic) bond motifs is 1. The van der Waals surface area contributed by atoms with Gasteiger partial charge in [0.2, 0.25) is 5.91 Å². The van der Waals surface area contributed by atoms with E-state index < -0.39 is 0 Å². The maximum atomic E-state index is 12.4. The van der Waals surface area contributed by atoms with Gasteiger partial charge in [0.15, 0.2) is 0 Å². The largest absolute Gasteiger partial charge is 0.378 e. The summed E-state index contributed by atoms with van der Waals surface area (Å²) in [6, 6.07) is 6.33. The molecule has 1 N–H and O–H groups in total. The third kappa shape index (κ3) is 2.43. The van der Waals surface area contributed by atoms with Crippen molar-refractivity contribution in [1.82, 2.24) is 9.88 Å². The molecule has 106 valence electrons. The van der Waals surface area contributed by atoms with Crippen LogP contribution in [-0.4, -0.2) is 42.1 Å². The summed E-state index contributed by atoms with van der Waals surface area (Å²) in [5.41, 5.74) is 4.54. The normalized spacial score (nSPS) is 15.8. The van der Waals surface area contributed by atoms with Crippen molar-refractivity contribution in [3.63, 3.8) is 0 Å². The molecule has 0 bridgehead atoms. The van der Waals surface area contributed by atoms with Crippen LogP contribution in [0.15, 0.2) is 18.2 Å². The first-order chi connectivity index (χ1) is 9.65. The van der Waals surface area contributed by atoms with Gasteiger partial charge in [-0.2, -0.15) is 0 Å². The van der Waals surface area contributed by atoms with E-state index in [1.165, 1.54) is 10.9 Å². The topological polar surface area (TPSA) is 45.3 Å². The first-order valence-corrected chi connectivity index (χ1v) is 7.08. The summed E-state index contributed by atoms with van der Waals surface area (Å²) >= 11 is 0. The number of hydrogen-bond donors (Lipinski definition) is 1. The molecular formula is C16H20N2O2. The Labute approximate surface area is 118 Å². The third-order valence-corrected chi connectivity index (χ3v) is 3.97. The molecule has 0 radical (unpaired) electrons. The van der Waals surface area contributed by atoms with Gasteiger partial charge in [0, 0.05) is 29.7 Å². The van der Waals surface area contributed by atoms with Crippen molar-refractivity contribution < 1.29 is 9.53 Å². The number of aromatic amines is 1. The Bertz CT molecular complexity index is 639. The van der Waals surface area contributed by atoms with Gasteiger partial charge in [0.1, 0.15) is 0 Å². The number of morpholine rings is 1. The molecule has 1 aromatic carbocycles. The minimum absolute atomic E-state index is 0.193. The Morgan fingerprint density at radius 3 is 2.80 bits per heavy atom. The quantitative estimate of drug-likeness (QED) is 0.911. The van der Waals surface area contributed by atoms with Crippen LogP contribution in [0.5, 0.6) is 0 Å². The lowest BCUT2D eigenvalue weighted by Gasteiger charge is -2.26. The molecule has 0 spiro atoms. The monoisotopic (exact) mass is 272 g/mol. The molecule has 2 aromatic rings. The van der Waals surface area contributed by atoms with Crippen molar-refractivity contribution in [2.45, 2.75) is 20.3 Å². The summed E-state index contributed by atoms with van der Waals surface area (Å²) < 4.78 is 5.29. The molecule has 20 heavy (non-hydrogen) atoms. The predicted molar refractivity (Wildman–Crippen MR) is 78.9 cm³/mol. The third-order valence-electron chi connectivity index (χ3n) is 3.97. The zero-order valence-corrected chi connectivity index (χ0v) is 12.0. The number of benzene rings is 1. The number of hydrogen-bond acceptors (Lipinski definition) is 2. The number of carbonyl (C=O) groups is 1. The summed E-state index contributed by atoms with van der Waals surface area (Å²) in [7, 11) is 0. The summed E-state index contributed by atoms with van der Waals surface area (Å²) in [6.07, 6.45) is 0.468. The van der Waals surface area contributed by atoms with E-state index in [1.807, 2.05) is 11.8 Å². The Kier molecular flexibility index (Phi) is 3.49. The van der Waals surface area contributed by atoms with E-state index >= 15 is 0 Å². The number of nitrogens with one attached hydrogen (secondary N) is 1. The van der Waals surface area contributed by atoms with Crippen LogP contribution in [0, 0.1) is 13.8 Å². The van der Waals surface area contributed by atoms with Crippen molar-refractivity contribution in [1.29, 1.82) is 0 Å². The zero-order valence-electron chi connectivity index (χ0n) is 12.0. The first-order valence-electron chi connectivity index (χ1n) is 7.08. The number of aryl methyl sites for hydroxylation is 2. The standard InChI is InChI=1S/C16H20N2O2/c1-11-3-4-15-14(9-11)13(12(2)17-15)10-16(19)18-5-7-20-8-6-18/h3-4,9,17H,5-8,10H2,1-2H3. The summed E-state index contributed by atoms with van der Waals surface area (Å²) in [5, 5.41) is 1.17. The number of nitrogens with zero attached hydrogens (tertiary/aromatic N) is 1. The molecule has 3 rings (SSSR count). The second-order valence-corrected chi connectivity index (χ2v) is 5.45. The van der Waals surface area contributed by atoms with Gasteiger partial charge < -0.3 is 14.6 Å². The van der Waals surface area contributed by atoms with Crippen molar-refractivity contribution in [3.05, 3.63) is 35.0 Å². The molecule has 4 nitrogen and oxygen atoms in total. The van der Waals surface area contributed by atoms with Crippen LogP contribution in [0.4, 0.5) is 0 Å². The molecule has 0 atom stereocenters. The summed E-state index contributed by atoms with van der Waals surface area (Å²) in [4.78, 5) is 17.7. The number of H-pyrrole nitrogens is 1. The van der Waals surface area contributed by atoms with Crippen molar-refractivity contribution in [2.24, 2.45) is 0 Å². The van der Waals surface area contributed by atoms with E-state index in [1.54, 1.807) is 0 Å². The van der Waals surface area contributed by atoms with E-state index in [0.717, 1.165) is 16.8 Å². The summed E-state index contributed by atoms with van der Waals surface area (Å²) in [5.74, 6) is 0.193. The smallest absolute Gasteiger partial charge is 0.227 e. The molecule has 0 unspecified atom stereocenters. The second kappa shape index (κ2) is 5.29. The number of aromatic nitrogens is 1. The highest BCUT2D eigenvalue weighted by atomic mass is 16.5. The molecule has 0 saturated carbocycles. The van der Waals surface area contributed by atoms with Crippen LogP contribution >= 0.6 is 0 Å². The lowest BCUT2D eigenvalue weighted by Crippen LogP contribution is -2.41. The average Bonchev–Trinajstić information content (AvgIpc) is 2.76. The van der Waals surface area contributed by atoms with Gasteiger partial charge >= 0.3 is 0 Å². The number of rotatable bonds is 2. The fourth-order valence-corrected chi connectivity index (χ4v) is 2.80. The molecular weight excluding hydrogens is 252 g/mol. The van der Waals surface area contributed by atoms with Gasteiger partial charge in [0.25, 0.3) is 0 Å². The van der Waals surface area contributed by atoms with Gasteiger partial charge in [-0.15, -0.1) is 0 Å². The number of carbonyl (C=O) groups excluding carboxylic acids is 1. The lowest BCUT2D eigenvalue weighted by molar-refractivity contribution is -0.134. The maximum absolute atomic E-state index is 12.4. The van der Waals surface area contributed by atoms with Crippen LogP contribution in [0.3, 0.4) is 0 Å². The Hall–Kier alpha value is -1.81. The van der Waals surface area contributed by atoms with Gasteiger partial charge in [-0.05, 0) is 31.5 Å². The van der Waals surface area contributed by atoms with Crippen LogP contribution < -0.4 is 0 Å². The molecule has 1 aliphatic rings. The van der Waals surface area contributed by atoms with E-state index in [2.05, 4.69) is 30.1 Å². The summed E-state index contributed by atoms with van der Waals surface area (Å²) in [6.45, 7) is 6.83. The van der Waals surface area contributed by atoms with E-state index in [-0.39, 0.29) is 5.91 Å². The van der Waals surface area contributed by atoms with E-state index in [4.69, 9.17) is 4.74 Å². The van der Waals surface area contributed by atoms with Crippen molar-refractivity contribution in [3.8, 4) is 0 Å². The Morgan fingerprint density at radius 1 is 1.30 bits per heavy atom. The highest BCUT2D eigenvalue weighted by Crippen LogP contribution is 2.24. The van der Waals surface area contributed by atoms with E-state index in [0.29, 0.717) is 32.7 Å². The molecule has 2 heterocycles. The van der Waals surface area contributed by atoms with Crippen LogP contribution in [0.2, 0.25) is 0 Å². The fourth-order valence-electron chi connectivity index (χ4n) is 2.80. The minimum atomic E-state index is 0.193. The molecule has 1 saturated heterocycles. The van der Waals surface area contributed by atoms with Crippen LogP contribution in [0.1, 0.15) is 16.8 Å². The van der Waals surface area contributed by atoms with Gasteiger partial charge in [-0.1, -0.05) is 11.6 Å². The SMILES string of the molecule is Cc1ccc2[nH]c(C)c(CC(=O)N3CCOCC3)c2c1. The van der Waals surface area contributed by atoms with E-state index in [9.17, 15) is 4.79 Å². The predicted octanol–water partition coefficient (Wildman–Crippen LogP) is 2.19. The molecule has 1 aliphatic heterocycles. The first kappa shape index (κ1) is 13.2. The Morgan fingerprint density at radius 2 is 2.05 bits per heavy atom. The van der Waals surface area contributed by atoms with Crippen molar-refractivity contribution >= 4 is 16.8 Å². The molecule has 0 aliphatic carbocycles. The number of amides is 1. The fraction of sp³-hybridized carbons (Fsp3) is 0.438. The molecule has 1 aromatic heterocycles. The van der Waals surface area contributed by atoms with Gasteiger partial charge in [0.05, 0.1) is 19.6 Å². The Balaban J connectivity index is 1.88.